The number of halogens is 3. The van der Waals surface area contributed by atoms with Crippen LogP contribution in [0.4, 0.5) is 13.2 Å². The Morgan fingerprint density at radius 3 is 1.36 bits per heavy atom. The second-order valence-corrected chi connectivity index (χ2v) is 1.66. The predicted octanol–water partition coefficient (Wildman–Crippen LogP) is 3.71. The van der Waals surface area contributed by atoms with Gasteiger partial charge in [0.15, 0.2) is 0 Å². The van der Waals surface area contributed by atoms with Gasteiger partial charge in [-0.2, -0.15) is 0 Å². The molecule has 0 bridgehead atoms. The summed E-state index contributed by atoms with van der Waals surface area (Å²) in [6, 6.07) is 0. The number of alkyl halides is 3. The molecular formula is C8H19F3. The topological polar surface area (TPSA) is 0 Å². The minimum atomic E-state index is -0.250. The second-order valence-electron chi connectivity index (χ2n) is 1.66. The van der Waals surface area contributed by atoms with Gasteiger partial charge in [0.25, 0.3) is 0 Å². The van der Waals surface area contributed by atoms with E-state index >= 15 is 0 Å². The van der Waals surface area contributed by atoms with Gasteiger partial charge in [0.05, 0.1) is 20.5 Å². The van der Waals surface area contributed by atoms with E-state index in [4.69, 9.17) is 0 Å². The van der Waals surface area contributed by atoms with Crippen LogP contribution in [-0.4, -0.2) is 20.5 Å². The molecule has 0 saturated heterocycles. The van der Waals surface area contributed by atoms with Crippen LogP contribution < -0.4 is 0 Å². The van der Waals surface area contributed by atoms with Crippen molar-refractivity contribution in [1.29, 1.82) is 0 Å². The van der Waals surface area contributed by atoms with Crippen molar-refractivity contribution in [2.45, 2.75) is 33.1 Å². The molecule has 0 saturated carbocycles. The Kier molecular flexibility index (Phi) is 51.1. The van der Waals surface area contributed by atoms with Crippen LogP contribution in [0.25, 0.3) is 0 Å². The summed E-state index contributed by atoms with van der Waals surface area (Å²) >= 11 is 0. The highest BCUT2D eigenvalue weighted by Crippen LogP contribution is 1.91. The van der Waals surface area contributed by atoms with Gasteiger partial charge in [-0.3, -0.25) is 13.2 Å². The van der Waals surface area contributed by atoms with Crippen molar-refractivity contribution in [3.8, 4) is 0 Å². The zero-order valence-electron chi connectivity index (χ0n) is 7.67. The molecule has 0 aliphatic heterocycles. The Balaban J connectivity index is -0.000000109. The summed E-state index contributed by atoms with van der Waals surface area (Å²) in [7, 11) is 0.500. The van der Waals surface area contributed by atoms with Crippen LogP contribution in [0.2, 0.25) is 0 Å². The van der Waals surface area contributed by atoms with Crippen molar-refractivity contribution in [2.24, 2.45) is 0 Å². The fourth-order valence-corrected chi connectivity index (χ4v) is 0.344. The molecule has 0 aromatic rings. The number of hydrogen-bond acceptors (Lipinski definition) is 0. The number of unbranched alkanes of at least 4 members (excludes halogenated alkanes) is 2. The van der Waals surface area contributed by atoms with E-state index in [1.165, 1.54) is 6.92 Å². The van der Waals surface area contributed by atoms with Crippen LogP contribution in [0, 0.1) is 0 Å². The van der Waals surface area contributed by atoms with E-state index in [2.05, 4.69) is 6.92 Å². The first-order valence-electron chi connectivity index (χ1n) is 3.83. The Morgan fingerprint density at radius 2 is 1.27 bits per heavy atom. The smallest absolute Gasteiger partial charge is 0.0894 e. The van der Waals surface area contributed by atoms with Crippen molar-refractivity contribution in [3.05, 3.63) is 0 Å². The molecule has 3 heteroatoms. The van der Waals surface area contributed by atoms with Crippen LogP contribution in [0.3, 0.4) is 0 Å². The molecule has 0 aliphatic rings. The lowest BCUT2D eigenvalue weighted by atomic mass is 10.3. The summed E-state index contributed by atoms with van der Waals surface area (Å²) < 4.78 is 31.0. The Morgan fingerprint density at radius 1 is 0.909 bits per heavy atom. The first-order chi connectivity index (χ1) is 5.33. The van der Waals surface area contributed by atoms with E-state index in [1.54, 1.807) is 0 Å². The van der Waals surface area contributed by atoms with Gasteiger partial charge in [-0.15, -0.1) is 0 Å². The minimum absolute atomic E-state index is 0.145. The molecular weight excluding hydrogens is 153 g/mol. The normalized spacial score (nSPS) is 7.09. The summed E-state index contributed by atoms with van der Waals surface area (Å²) in [6.45, 7) is 3.13. The largest absolute Gasteiger partial charge is 0.255 e. The van der Waals surface area contributed by atoms with Crippen molar-refractivity contribution in [1.82, 2.24) is 0 Å². The summed E-state index contributed by atoms with van der Waals surface area (Å²) in [5.74, 6) is 0. The third-order valence-electron chi connectivity index (χ3n) is 0.737. The van der Waals surface area contributed by atoms with Gasteiger partial charge in [-0.25, -0.2) is 0 Å². The molecule has 0 spiro atoms. The summed E-state index contributed by atoms with van der Waals surface area (Å²) in [5, 5.41) is 0. The Hall–Kier alpha value is -0.210. The molecule has 72 valence electrons. The SMILES string of the molecule is CCCCCF.CCF.CF. The molecule has 0 unspecified atom stereocenters. The summed E-state index contributed by atoms with van der Waals surface area (Å²) in [6.07, 6.45) is 2.90. The maximum atomic E-state index is 11.2. The maximum absolute atomic E-state index is 11.2. The third kappa shape index (κ3) is 76.3. The summed E-state index contributed by atoms with van der Waals surface area (Å²) in [4.78, 5) is 0. The third-order valence-corrected chi connectivity index (χ3v) is 0.737. The van der Waals surface area contributed by atoms with E-state index in [1.807, 2.05) is 0 Å². The molecule has 0 rings (SSSR count). The molecule has 0 heterocycles. The maximum Gasteiger partial charge on any atom is 0.0894 e. The lowest BCUT2D eigenvalue weighted by Crippen LogP contribution is -1.72. The number of rotatable bonds is 3. The zero-order chi connectivity index (χ0) is 9.54. The van der Waals surface area contributed by atoms with Gasteiger partial charge in [0.1, 0.15) is 0 Å². The average molecular weight is 172 g/mol. The van der Waals surface area contributed by atoms with E-state index in [-0.39, 0.29) is 13.3 Å². The highest BCUT2D eigenvalue weighted by molar-refractivity contribution is 4.31. The van der Waals surface area contributed by atoms with Crippen LogP contribution in [0.15, 0.2) is 0 Å². The molecule has 0 atom stereocenters. The highest BCUT2D eigenvalue weighted by Gasteiger charge is 1.78. The monoisotopic (exact) mass is 172 g/mol. The quantitative estimate of drug-likeness (QED) is 0.569. The average Bonchev–Trinajstić information content (AvgIpc) is 2.06. The standard InChI is InChI=1S/C5H11F.C2H5F.CH3F/c1-2-3-4-5-6;1-2-3;1-2/h2-5H2,1H3;2H2,1H3;1H3. The molecule has 0 amide bonds. The molecule has 0 aromatic carbocycles. The van der Waals surface area contributed by atoms with Crippen molar-refractivity contribution < 1.29 is 13.2 Å². The summed E-state index contributed by atoms with van der Waals surface area (Å²) in [5.41, 5.74) is 0. The molecule has 11 heavy (non-hydrogen) atoms. The lowest BCUT2D eigenvalue weighted by Gasteiger charge is -1.84. The first-order valence-corrected chi connectivity index (χ1v) is 3.83. The highest BCUT2D eigenvalue weighted by atomic mass is 19.1. The van der Waals surface area contributed by atoms with Gasteiger partial charge < -0.3 is 0 Å². The van der Waals surface area contributed by atoms with Crippen molar-refractivity contribution >= 4 is 0 Å². The molecule has 0 radical (unpaired) electrons. The number of hydrogen-bond donors (Lipinski definition) is 0. The van der Waals surface area contributed by atoms with Crippen LogP contribution >= 0.6 is 0 Å². The minimum Gasteiger partial charge on any atom is -0.255 e. The molecule has 0 nitrogen and oxygen atoms in total. The van der Waals surface area contributed by atoms with E-state index in [0.29, 0.717) is 7.18 Å². The lowest BCUT2D eigenvalue weighted by molar-refractivity contribution is 0.460. The van der Waals surface area contributed by atoms with Gasteiger partial charge in [0.2, 0.25) is 0 Å². The van der Waals surface area contributed by atoms with E-state index in [0.717, 1.165) is 19.3 Å². The van der Waals surface area contributed by atoms with E-state index in [9.17, 15) is 13.2 Å². The Bertz CT molecular complexity index is 28.5. The van der Waals surface area contributed by atoms with Crippen LogP contribution in [-0.2, 0) is 0 Å². The van der Waals surface area contributed by atoms with Crippen molar-refractivity contribution in [3.63, 3.8) is 0 Å². The Labute approximate surface area is 67.8 Å². The second kappa shape index (κ2) is 33.0. The fourth-order valence-electron chi connectivity index (χ4n) is 0.344. The van der Waals surface area contributed by atoms with Gasteiger partial charge in [-0.1, -0.05) is 19.8 Å². The molecule has 0 N–H and O–H groups in total. The molecule has 0 fully saturated rings. The molecule has 0 aromatic heterocycles. The van der Waals surface area contributed by atoms with Gasteiger partial charge in [0, 0.05) is 0 Å². The molecule has 0 aliphatic carbocycles. The van der Waals surface area contributed by atoms with E-state index < -0.39 is 0 Å². The first kappa shape index (κ1) is 17.0. The van der Waals surface area contributed by atoms with Crippen LogP contribution in [0.1, 0.15) is 33.1 Å². The predicted molar refractivity (Wildman–Crippen MR) is 44.2 cm³/mol. The van der Waals surface area contributed by atoms with Gasteiger partial charge in [-0.05, 0) is 13.3 Å². The van der Waals surface area contributed by atoms with Crippen molar-refractivity contribution in [2.75, 3.05) is 20.5 Å². The fraction of sp³-hybridized carbons (Fsp3) is 1.00. The zero-order valence-corrected chi connectivity index (χ0v) is 7.67. The van der Waals surface area contributed by atoms with Gasteiger partial charge >= 0.3 is 0 Å². The van der Waals surface area contributed by atoms with Crippen LogP contribution in [0.5, 0.6) is 0 Å².